The lowest BCUT2D eigenvalue weighted by Crippen LogP contribution is -2.53. The molecule has 146 valence electrons. The van der Waals surface area contributed by atoms with Crippen LogP contribution in [-0.2, 0) is 6.54 Å². The Balaban J connectivity index is 1.83. The Kier molecular flexibility index (Phi) is 8.48. The number of hydrogen-bond acceptors (Lipinski definition) is 3. The van der Waals surface area contributed by atoms with Gasteiger partial charge in [-0.1, -0.05) is 36.2 Å². The first-order valence-corrected chi connectivity index (χ1v) is 10.0. The van der Waals surface area contributed by atoms with Crippen molar-refractivity contribution in [1.82, 2.24) is 20.0 Å². The van der Waals surface area contributed by atoms with E-state index in [9.17, 15) is 0 Å². The van der Waals surface area contributed by atoms with Gasteiger partial charge in [-0.15, -0.1) is 0 Å². The standard InChI is InChI=1S/C19H31Cl2N5/c1-5-25-8-10-26(11-9-25)15(2)13-23-19(22-3)24(4)14-16-6-7-17(20)18(21)12-16/h6-7,12,15H,5,8-11,13-14H2,1-4H3,(H,22,23). The average Bonchev–Trinajstić information content (AvgIpc) is 2.65. The quantitative estimate of drug-likeness (QED) is 0.588. The molecule has 0 aliphatic carbocycles. The second-order valence-electron chi connectivity index (χ2n) is 6.85. The molecule has 0 spiro atoms. The predicted molar refractivity (Wildman–Crippen MR) is 112 cm³/mol. The van der Waals surface area contributed by atoms with Crippen LogP contribution < -0.4 is 5.32 Å². The highest BCUT2D eigenvalue weighted by Crippen LogP contribution is 2.23. The number of likely N-dealkylation sites (N-methyl/N-ethyl adjacent to an activating group) is 1. The topological polar surface area (TPSA) is 34.1 Å². The molecule has 1 saturated heterocycles. The van der Waals surface area contributed by atoms with Gasteiger partial charge in [0.25, 0.3) is 0 Å². The summed E-state index contributed by atoms with van der Waals surface area (Å²) in [4.78, 5) is 11.6. The van der Waals surface area contributed by atoms with Crippen molar-refractivity contribution >= 4 is 29.2 Å². The highest BCUT2D eigenvalue weighted by atomic mass is 35.5. The molecule has 0 aromatic heterocycles. The van der Waals surface area contributed by atoms with E-state index in [4.69, 9.17) is 23.2 Å². The van der Waals surface area contributed by atoms with Crippen LogP contribution in [0, 0.1) is 0 Å². The first kappa shape index (κ1) is 21.3. The van der Waals surface area contributed by atoms with E-state index < -0.39 is 0 Å². The first-order chi connectivity index (χ1) is 12.4. The van der Waals surface area contributed by atoms with Gasteiger partial charge >= 0.3 is 0 Å². The lowest BCUT2D eigenvalue weighted by molar-refractivity contribution is 0.107. The number of guanidine groups is 1. The van der Waals surface area contributed by atoms with Gasteiger partial charge in [0.05, 0.1) is 10.0 Å². The molecule has 5 nitrogen and oxygen atoms in total. The van der Waals surface area contributed by atoms with Crippen LogP contribution in [0.15, 0.2) is 23.2 Å². The maximum Gasteiger partial charge on any atom is 0.193 e. The fraction of sp³-hybridized carbons (Fsp3) is 0.632. The Labute approximate surface area is 168 Å². The molecule has 0 radical (unpaired) electrons. The van der Waals surface area contributed by atoms with Crippen molar-refractivity contribution in [1.29, 1.82) is 0 Å². The van der Waals surface area contributed by atoms with E-state index in [1.807, 2.05) is 32.3 Å². The zero-order valence-corrected chi connectivity index (χ0v) is 17.8. The molecule has 1 aromatic carbocycles. The fourth-order valence-corrected chi connectivity index (χ4v) is 3.58. The molecule has 1 aliphatic rings. The molecule has 0 saturated carbocycles. The number of benzene rings is 1. The van der Waals surface area contributed by atoms with Gasteiger partial charge in [0.2, 0.25) is 0 Å². The maximum absolute atomic E-state index is 6.11. The number of rotatable bonds is 6. The lowest BCUT2D eigenvalue weighted by Gasteiger charge is -2.38. The molecule has 1 unspecified atom stereocenters. The number of piperazine rings is 1. The molecule has 0 amide bonds. The number of nitrogens with zero attached hydrogens (tertiary/aromatic N) is 4. The lowest BCUT2D eigenvalue weighted by atomic mass is 10.2. The molecule has 1 N–H and O–H groups in total. The van der Waals surface area contributed by atoms with Crippen molar-refractivity contribution in [2.24, 2.45) is 4.99 Å². The van der Waals surface area contributed by atoms with Gasteiger partial charge < -0.3 is 15.1 Å². The van der Waals surface area contributed by atoms with Crippen molar-refractivity contribution in [2.45, 2.75) is 26.4 Å². The van der Waals surface area contributed by atoms with Gasteiger partial charge in [-0.3, -0.25) is 9.89 Å². The van der Waals surface area contributed by atoms with E-state index in [0.29, 0.717) is 16.1 Å². The highest BCUT2D eigenvalue weighted by Gasteiger charge is 2.20. The fourth-order valence-electron chi connectivity index (χ4n) is 3.26. The second-order valence-corrected chi connectivity index (χ2v) is 7.67. The molecular weight excluding hydrogens is 369 g/mol. The van der Waals surface area contributed by atoms with Crippen LogP contribution in [0.2, 0.25) is 10.0 Å². The second kappa shape index (κ2) is 10.4. The van der Waals surface area contributed by atoms with Crippen molar-refractivity contribution in [2.75, 3.05) is 53.4 Å². The SMILES string of the molecule is CCN1CCN(C(C)CNC(=NC)N(C)Cc2ccc(Cl)c(Cl)c2)CC1. The molecule has 0 bridgehead atoms. The summed E-state index contributed by atoms with van der Waals surface area (Å²) in [6.45, 7) is 11.8. The molecule has 2 rings (SSSR count). The van der Waals surface area contributed by atoms with Crippen LogP contribution in [0.5, 0.6) is 0 Å². The Morgan fingerprint density at radius 1 is 1.23 bits per heavy atom. The van der Waals surface area contributed by atoms with Crippen LogP contribution >= 0.6 is 23.2 Å². The molecule has 1 aromatic rings. The van der Waals surface area contributed by atoms with E-state index in [1.165, 1.54) is 0 Å². The highest BCUT2D eigenvalue weighted by molar-refractivity contribution is 6.42. The van der Waals surface area contributed by atoms with Gasteiger partial charge in [-0.25, -0.2) is 0 Å². The van der Waals surface area contributed by atoms with Crippen molar-refractivity contribution in [3.63, 3.8) is 0 Å². The van der Waals surface area contributed by atoms with E-state index in [1.54, 1.807) is 0 Å². The first-order valence-electron chi connectivity index (χ1n) is 9.26. The van der Waals surface area contributed by atoms with Crippen molar-refractivity contribution in [3.05, 3.63) is 33.8 Å². The maximum atomic E-state index is 6.11. The van der Waals surface area contributed by atoms with E-state index in [-0.39, 0.29) is 0 Å². The monoisotopic (exact) mass is 399 g/mol. The Morgan fingerprint density at radius 2 is 1.92 bits per heavy atom. The number of nitrogens with one attached hydrogen (secondary N) is 1. The zero-order chi connectivity index (χ0) is 19.1. The molecule has 1 atom stereocenters. The van der Waals surface area contributed by atoms with Gasteiger partial charge in [0, 0.05) is 59.4 Å². The predicted octanol–water partition coefficient (Wildman–Crippen LogP) is 3.03. The third-order valence-electron chi connectivity index (χ3n) is 5.01. The largest absolute Gasteiger partial charge is 0.355 e. The summed E-state index contributed by atoms with van der Waals surface area (Å²) in [5, 5.41) is 4.66. The number of hydrogen-bond donors (Lipinski definition) is 1. The van der Waals surface area contributed by atoms with Crippen molar-refractivity contribution in [3.8, 4) is 0 Å². The summed E-state index contributed by atoms with van der Waals surface area (Å²) in [5.74, 6) is 0.884. The van der Waals surface area contributed by atoms with Gasteiger partial charge in [-0.05, 0) is 31.2 Å². The van der Waals surface area contributed by atoms with Gasteiger partial charge in [0.1, 0.15) is 0 Å². The Bertz CT molecular complexity index is 600. The summed E-state index contributed by atoms with van der Waals surface area (Å²) in [7, 11) is 3.85. The van der Waals surface area contributed by atoms with Crippen LogP contribution in [0.25, 0.3) is 0 Å². The third kappa shape index (κ3) is 6.02. The zero-order valence-electron chi connectivity index (χ0n) is 16.3. The summed E-state index contributed by atoms with van der Waals surface area (Å²) >= 11 is 12.1. The summed E-state index contributed by atoms with van der Waals surface area (Å²) < 4.78 is 0. The molecular formula is C19H31Cl2N5. The van der Waals surface area contributed by atoms with E-state index in [0.717, 1.165) is 57.3 Å². The van der Waals surface area contributed by atoms with Gasteiger partial charge in [-0.2, -0.15) is 0 Å². The molecule has 1 fully saturated rings. The van der Waals surface area contributed by atoms with E-state index >= 15 is 0 Å². The van der Waals surface area contributed by atoms with Crippen LogP contribution in [0.1, 0.15) is 19.4 Å². The molecule has 7 heteroatoms. The number of halogens is 2. The Hall–Kier alpha value is -1.01. The summed E-state index contributed by atoms with van der Waals surface area (Å²) in [6, 6.07) is 6.21. The van der Waals surface area contributed by atoms with Crippen LogP contribution in [-0.4, -0.2) is 80.1 Å². The minimum Gasteiger partial charge on any atom is -0.355 e. The molecule has 26 heavy (non-hydrogen) atoms. The Morgan fingerprint density at radius 3 is 2.50 bits per heavy atom. The number of aliphatic imine (C=N–C) groups is 1. The van der Waals surface area contributed by atoms with Crippen LogP contribution in [0.3, 0.4) is 0 Å². The van der Waals surface area contributed by atoms with Crippen LogP contribution in [0.4, 0.5) is 0 Å². The van der Waals surface area contributed by atoms with E-state index in [2.05, 4.69) is 38.9 Å². The minimum atomic E-state index is 0.476. The molecule has 1 heterocycles. The van der Waals surface area contributed by atoms with Crippen molar-refractivity contribution < 1.29 is 0 Å². The van der Waals surface area contributed by atoms with Gasteiger partial charge in [0.15, 0.2) is 5.96 Å². The minimum absolute atomic E-state index is 0.476. The average molecular weight is 400 g/mol. The normalized spacial score (nSPS) is 18.0. The summed E-state index contributed by atoms with van der Waals surface area (Å²) in [6.07, 6.45) is 0. The summed E-state index contributed by atoms with van der Waals surface area (Å²) in [5.41, 5.74) is 1.11. The third-order valence-corrected chi connectivity index (χ3v) is 5.75. The smallest absolute Gasteiger partial charge is 0.193 e. The molecule has 1 aliphatic heterocycles.